The number of hydrogen-bond donors (Lipinski definition) is 2. The molecule has 5 heteroatoms. The molecule has 0 aliphatic rings. The van der Waals surface area contributed by atoms with Crippen molar-refractivity contribution in [3.63, 3.8) is 0 Å². The van der Waals surface area contributed by atoms with E-state index in [0.717, 1.165) is 21.2 Å². The van der Waals surface area contributed by atoms with E-state index in [1.54, 1.807) is 25.9 Å². The Balaban J connectivity index is 1.96. The monoisotopic (exact) mass is 302 g/mol. The summed E-state index contributed by atoms with van der Waals surface area (Å²) in [5.74, 6) is 0.801. The predicted molar refractivity (Wildman–Crippen MR) is 86.1 cm³/mol. The number of carbonyl (C=O) groups is 1. The lowest BCUT2D eigenvalue weighted by atomic mass is 10.3. The van der Waals surface area contributed by atoms with Crippen molar-refractivity contribution in [1.29, 1.82) is 0 Å². The lowest BCUT2D eigenvalue weighted by Gasteiger charge is -2.07. The van der Waals surface area contributed by atoms with Gasteiger partial charge in [-0.3, -0.25) is 4.79 Å². The number of likely N-dealkylation sites (N-methyl/N-ethyl adjacent to an activating group) is 1. The highest BCUT2D eigenvalue weighted by atomic mass is 32.2. The fourth-order valence-electron chi connectivity index (χ4n) is 1.75. The van der Waals surface area contributed by atoms with Gasteiger partial charge >= 0.3 is 0 Å². The summed E-state index contributed by atoms with van der Waals surface area (Å²) < 4.78 is 5.14. The first-order chi connectivity index (χ1) is 10.2. The summed E-state index contributed by atoms with van der Waals surface area (Å²) in [7, 11) is 3.40. The van der Waals surface area contributed by atoms with E-state index < -0.39 is 0 Å². The summed E-state index contributed by atoms with van der Waals surface area (Å²) in [6, 6.07) is 15.7. The zero-order valence-corrected chi connectivity index (χ0v) is 12.9. The van der Waals surface area contributed by atoms with E-state index in [0.29, 0.717) is 6.54 Å². The first kappa shape index (κ1) is 15.4. The molecular weight excluding hydrogens is 284 g/mol. The van der Waals surface area contributed by atoms with Crippen LogP contribution >= 0.6 is 11.8 Å². The van der Waals surface area contributed by atoms with Gasteiger partial charge in [-0.2, -0.15) is 0 Å². The Bertz CT molecular complexity index is 582. The highest BCUT2D eigenvalue weighted by Crippen LogP contribution is 2.29. The first-order valence-electron chi connectivity index (χ1n) is 6.57. The molecule has 2 N–H and O–H groups in total. The van der Waals surface area contributed by atoms with Crippen LogP contribution in [0.3, 0.4) is 0 Å². The quantitative estimate of drug-likeness (QED) is 0.861. The molecule has 0 atom stereocenters. The largest absolute Gasteiger partial charge is 0.497 e. The Morgan fingerprint density at radius 2 is 1.62 bits per heavy atom. The molecular formula is C16H18N2O2S. The van der Waals surface area contributed by atoms with Crippen molar-refractivity contribution in [3.8, 4) is 5.75 Å². The number of methoxy groups -OCH3 is 1. The van der Waals surface area contributed by atoms with Crippen LogP contribution in [-0.2, 0) is 4.79 Å². The van der Waals surface area contributed by atoms with Crippen molar-refractivity contribution >= 4 is 23.4 Å². The zero-order chi connectivity index (χ0) is 15.1. The second kappa shape index (κ2) is 7.71. The SMILES string of the molecule is CNCC(=O)Nc1ccc(Sc2ccc(OC)cc2)cc1. The highest BCUT2D eigenvalue weighted by molar-refractivity contribution is 7.99. The molecule has 0 saturated carbocycles. The third kappa shape index (κ3) is 4.81. The molecule has 0 aromatic heterocycles. The van der Waals surface area contributed by atoms with E-state index in [9.17, 15) is 4.79 Å². The standard InChI is InChI=1S/C16H18N2O2S/c1-17-11-16(19)18-12-3-7-14(8-4-12)21-15-9-5-13(20-2)6-10-15/h3-10,17H,11H2,1-2H3,(H,18,19). The van der Waals surface area contributed by atoms with Gasteiger partial charge in [-0.25, -0.2) is 0 Å². The van der Waals surface area contributed by atoms with Crippen LogP contribution in [0.4, 0.5) is 5.69 Å². The molecule has 0 aliphatic heterocycles. The average Bonchev–Trinajstić information content (AvgIpc) is 2.50. The van der Waals surface area contributed by atoms with Crippen LogP contribution in [0.1, 0.15) is 0 Å². The zero-order valence-electron chi connectivity index (χ0n) is 12.1. The normalized spacial score (nSPS) is 10.2. The molecule has 2 rings (SSSR count). The first-order valence-corrected chi connectivity index (χ1v) is 7.39. The summed E-state index contributed by atoms with van der Waals surface area (Å²) in [6.07, 6.45) is 0. The van der Waals surface area contributed by atoms with Gasteiger partial charge < -0.3 is 15.4 Å². The van der Waals surface area contributed by atoms with Gasteiger partial charge in [0.2, 0.25) is 5.91 Å². The molecule has 0 fully saturated rings. The summed E-state index contributed by atoms with van der Waals surface area (Å²) in [4.78, 5) is 13.7. The van der Waals surface area contributed by atoms with Crippen LogP contribution in [0.2, 0.25) is 0 Å². The van der Waals surface area contributed by atoms with Crippen LogP contribution in [0, 0.1) is 0 Å². The van der Waals surface area contributed by atoms with Gasteiger partial charge in [-0.05, 0) is 55.6 Å². The molecule has 0 heterocycles. The Labute approximate surface area is 128 Å². The average molecular weight is 302 g/mol. The second-order valence-electron chi connectivity index (χ2n) is 4.38. The molecule has 1 amide bonds. The Morgan fingerprint density at radius 1 is 1.05 bits per heavy atom. The van der Waals surface area contributed by atoms with Gasteiger partial charge in [0.25, 0.3) is 0 Å². The minimum atomic E-state index is -0.0481. The number of nitrogens with one attached hydrogen (secondary N) is 2. The van der Waals surface area contributed by atoms with Crippen LogP contribution < -0.4 is 15.4 Å². The highest BCUT2D eigenvalue weighted by Gasteiger charge is 2.02. The lowest BCUT2D eigenvalue weighted by Crippen LogP contribution is -2.24. The maximum atomic E-state index is 11.5. The fourth-order valence-corrected chi connectivity index (χ4v) is 2.57. The maximum absolute atomic E-state index is 11.5. The van der Waals surface area contributed by atoms with E-state index in [2.05, 4.69) is 10.6 Å². The van der Waals surface area contributed by atoms with Crippen molar-refractivity contribution in [2.45, 2.75) is 9.79 Å². The maximum Gasteiger partial charge on any atom is 0.238 e. The molecule has 0 saturated heterocycles. The predicted octanol–water partition coefficient (Wildman–Crippen LogP) is 3.00. The fraction of sp³-hybridized carbons (Fsp3) is 0.188. The van der Waals surface area contributed by atoms with E-state index >= 15 is 0 Å². The van der Waals surface area contributed by atoms with Gasteiger partial charge in [0.1, 0.15) is 5.75 Å². The molecule has 0 unspecified atom stereocenters. The van der Waals surface area contributed by atoms with Crippen LogP contribution in [0.5, 0.6) is 5.75 Å². The summed E-state index contributed by atoms with van der Waals surface area (Å²) in [5, 5.41) is 5.64. The number of anilines is 1. The Kier molecular flexibility index (Phi) is 5.66. The molecule has 2 aromatic carbocycles. The van der Waals surface area contributed by atoms with Gasteiger partial charge in [0, 0.05) is 15.5 Å². The summed E-state index contributed by atoms with van der Waals surface area (Å²) in [5.41, 5.74) is 0.800. The molecule has 0 spiro atoms. The lowest BCUT2D eigenvalue weighted by molar-refractivity contribution is -0.115. The topological polar surface area (TPSA) is 50.4 Å². The van der Waals surface area contributed by atoms with Crippen molar-refractivity contribution in [2.75, 3.05) is 26.0 Å². The van der Waals surface area contributed by atoms with Crippen molar-refractivity contribution < 1.29 is 9.53 Å². The van der Waals surface area contributed by atoms with Crippen LogP contribution in [0.25, 0.3) is 0 Å². The number of carbonyl (C=O) groups excluding carboxylic acids is 1. The van der Waals surface area contributed by atoms with Crippen LogP contribution in [-0.4, -0.2) is 26.6 Å². The van der Waals surface area contributed by atoms with E-state index in [1.807, 2.05) is 48.5 Å². The third-order valence-corrected chi connectivity index (χ3v) is 3.79. The molecule has 0 aliphatic carbocycles. The Hall–Kier alpha value is -1.98. The minimum absolute atomic E-state index is 0.0481. The van der Waals surface area contributed by atoms with Gasteiger partial charge in [-0.15, -0.1) is 0 Å². The van der Waals surface area contributed by atoms with Gasteiger partial charge in [-0.1, -0.05) is 11.8 Å². The van der Waals surface area contributed by atoms with E-state index in [4.69, 9.17) is 4.74 Å². The van der Waals surface area contributed by atoms with Gasteiger partial charge in [0.15, 0.2) is 0 Å². The van der Waals surface area contributed by atoms with E-state index in [1.165, 1.54) is 0 Å². The number of amides is 1. The van der Waals surface area contributed by atoms with E-state index in [-0.39, 0.29) is 5.91 Å². The summed E-state index contributed by atoms with van der Waals surface area (Å²) in [6.45, 7) is 0.308. The molecule has 0 radical (unpaired) electrons. The third-order valence-electron chi connectivity index (χ3n) is 2.77. The molecule has 110 valence electrons. The molecule has 21 heavy (non-hydrogen) atoms. The van der Waals surface area contributed by atoms with Crippen molar-refractivity contribution in [2.24, 2.45) is 0 Å². The van der Waals surface area contributed by atoms with Crippen molar-refractivity contribution in [3.05, 3.63) is 48.5 Å². The number of hydrogen-bond acceptors (Lipinski definition) is 4. The van der Waals surface area contributed by atoms with Gasteiger partial charge in [0.05, 0.1) is 13.7 Å². The second-order valence-corrected chi connectivity index (χ2v) is 5.53. The van der Waals surface area contributed by atoms with Crippen molar-refractivity contribution in [1.82, 2.24) is 5.32 Å². The molecule has 0 bridgehead atoms. The summed E-state index contributed by atoms with van der Waals surface area (Å²) >= 11 is 1.66. The van der Waals surface area contributed by atoms with Crippen LogP contribution in [0.15, 0.2) is 58.3 Å². The number of benzene rings is 2. The minimum Gasteiger partial charge on any atom is -0.497 e. The molecule has 4 nitrogen and oxygen atoms in total. The number of ether oxygens (including phenoxy) is 1. The Morgan fingerprint density at radius 3 is 2.14 bits per heavy atom. The smallest absolute Gasteiger partial charge is 0.238 e. The number of rotatable bonds is 6. The molecule has 2 aromatic rings.